The van der Waals surface area contributed by atoms with Crippen LogP contribution in [0, 0.1) is 19.8 Å². The van der Waals surface area contributed by atoms with Crippen LogP contribution in [0.5, 0.6) is 0 Å². The SMILES string of the molecule is CC[C@H](C)[C@H](C(=O)Nc1ccc(C)cc1C)c1ccccc1. The van der Waals surface area contributed by atoms with Crippen molar-refractivity contribution in [2.24, 2.45) is 5.92 Å². The first kappa shape index (κ1) is 16.3. The highest BCUT2D eigenvalue weighted by molar-refractivity contribution is 5.96. The van der Waals surface area contributed by atoms with Gasteiger partial charge in [-0.1, -0.05) is 68.3 Å². The molecule has 1 N–H and O–H groups in total. The lowest BCUT2D eigenvalue weighted by molar-refractivity contribution is -0.118. The monoisotopic (exact) mass is 295 g/mol. The highest BCUT2D eigenvalue weighted by atomic mass is 16.1. The van der Waals surface area contributed by atoms with Crippen LogP contribution >= 0.6 is 0 Å². The number of hydrogen-bond acceptors (Lipinski definition) is 1. The Balaban J connectivity index is 2.26. The van der Waals surface area contributed by atoms with Gasteiger partial charge in [0.25, 0.3) is 0 Å². The Kier molecular flexibility index (Phi) is 5.37. The van der Waals surface area contributed by atoms with Crippen LogP contribution in [-0.4, -0.2) is 5.91 Å². The molecule has 0 radical (unpaired) electrons. The minimum absolute atomic E-state index is 0.0764. The highest BCUT2D eigenvalue weighted by Crippen LogP contribution is 2.29. The van der Waals surface area contributed by atoms with Crippen molar-refractivity contribution >= 4 is 11.6 Å². The summed E-state index contributed by atoms with van der Waals surface area (Å²) in [5.41, 5.74) is 4.29. The second-order valence-corrected chi connectivity index (χ2v) is 6.08. The lowest BCUT2D eigenvalue weighted by Crippen LogP contribution is -2.26. The van der Waals surface area contributed by atoms with E-state index in [1.165, 1.54) is 5.56 Å². The summed E-state index contributed by atoms with van der Waals surface area (Å²) in [5.74, 6) is 0.257. The Morgan fingerprint density at radius 1 is 1.09 bits per heavy atom. The Morgan fingerprint density at radius 3 is 2.36 bits per heavy atom. The Bertz CT molecular complexity index is 633. The minimum atomic E-state index is -0.119. The summed E-state index contributed by atoms with van der Waals surface area (Å²) in [6, 6.07) is 16.2. The average molecular weight is 295 g/mol. The Hall–Kier alpha value is -2.09. The van der Waals surface area contributed by atoms with Crippen molar-refractivity contribution in [2.45, 2.75) is 40.0 Å². The molecule has 0 unspecified atom stereocenters. The van der Waals surface area contributed by atoms with Crippen LogP contribution in [0.1, 0.15) is 42.9 Å². The summed E-state index contributed by atoms with van der Waals surface area (Å²) in [4.78, 5) is 12.8. The molecule has 22 heavy (non-hydrogen) atoms. The van der Waals surface area contributed by atoms with Crippen molar-refractivity contribution in [3.05, 3.63) is 65.2 Å². The number of carbonyl (C=O) groups is 1. The van der Waals surface area contributed by atoms with Gasteiger partial charge in [-0.25, -0.2) is 0 Å². The van der Waals surface area contributed by atoms with Crippen LogP contribution in [0.2, 0.25) is 0 Å². The number of carbonyl (C=O) groups excluding carboxylic acids is 1. The molecule has 0 bridgehead atoms. The van der Waals surface area contributed by atoms with Crippen molar-refractivity contribution in [3.8, 4) is 0 Å². The van der Waals surface area contributed by atoms with E-state index in [1.807, 2.05) is 49.4 Å². The molecule has 0 saturated heterocycles. The predicted molar refractivity (Wildman–Crippen MR) is 93.2 cm³/mol. The lowest BCUT2D eigenvalue weighted by Gasteiger charge is -2.23. The smallest absolute Gasteiger partial charge is 0.232 e. The molecule has 0 spiro atoms. The summed E-state index contributed by atoms with van der Waals surface area (Å²) >= 11 is 0. The molecule has 0 saturated carbocycles. The standard InChI is InChI=1S/C20H25NO/c1-5-15(3)19(17-9-7-6-8-10-17)20(22)21-18-12-11-14(2)13-16(18)4/h6-13,15,19H,5H2,1-4H3,(H,21,22)/t15-,19-/m0/s1. The van der Waals surface area contributed by atoms with E-state index in [-0.39, 0.29) is 11.8 Å². The zero-order valence-corrected chi connectivity index (χ0v) is 13.9. The average Bonchev–Trinajstić information content (AvgIpc) is 2.51. The van der Waals surface area contributed by atoms with Crippen LogP contribution in [0.15, 0.2) is 48.5 Å². The molecular weight excluding hydrogens is 270 g/mol. The summed E-state index contributed by atoms with van der Waals surface area (Å²) in [6.07, 6.45) is 0.972. The maximum Gasteiger partial charge on any atom is 0.232 e. The number of aryl methyl sites for hydroxylation is 2. The second kappa shape index (κ2) is 7.26. The van der Waals surface area contributed by atoms with Gasteiger partial charge in [-0.2, -0.15) is 0 Å². The van der Waals surface area contributed by atoms with Gasteiger partial charge >= 0.3 is 0 Å². The molecule has 2 atom stereocenters. The van der Waals surface area contributed by atoms with E-state index in [0.29, 0.717) is 5.92 Å². The van der Waals surface area contributed by atoms with E-state index < -0.39 is 0 Å². The maximum absolute atomic E-state index is 12.8. The van der Waals surface area contributed by atoms with E-state index in [4.69, 9.17) is 0 Å². The number of benzene rings is 2. The van der Waals surface area contributed by atoms with E-state index in [9.17, 15) is 4.79 Å². The van der Waals surface area contributed by atoms with E-state index >= 15 is 0 Å². The number of anilines is 1. The first-order valence-electron chi connectivity index (χ1n) is 7.96. The van der Waals surface area contributed by atoms with Crippen molar-refractivity contribution in [1.82, 2.24) is 0 Å². The molecule has 0 aromatic heterocycles. The Labute approximate surface area is 133 Å². The van der Waals surface area contributed by atoms with Crippen LogP contribution in [0.4, 0.5) is 5.69 Å². The molecule has 2 nitrogen and oxygen atoms in total. The summed E-state index contributed by atoms with van der Waals surface area (Å²) in [7, 11) is 0. The Morgan fingerprint density at radius 2 is 1.77 bits per heavy atom. The minimum Gasteiger partial charge on any atom is -0.325 e. The van der Waals surface area contributed by atoms with Crippen LogP contribution in [0.3, 0.4) is 0 Å². The van der Waals surface area contributed by atoms with Gasteiger partial charge < -0.3 is 5.32 Å². The highest BCUT2D eigenvalue weighted by Gasteiger charge is 2.26. The first-order valence-corrected chi connectivity index (χ1v) is 7.96. The second-order valence-electron chi connectivity index (χ2n) is 6.08. The fourth-order valence-corrected chi connectivity index (χ4v) is 2.80. The molecule has 1 amide bonds. The summed E-state index contributed by atoms with van der Waals surface area (Å²) < 4.78 is 0. The van der Waals surface area contributed by atoms with Gasteiger partial charge in [0.15, 0.2) is 0 Å². The molecule has 0 aliphatic rings. The third-order valence-electron chi connectivity index (χ3n) is 4.29. The number of hydrogen-bond donors (Lipinski definition) is 1. The van der Waals surface area contributed by atoms with Gasteiger partial charge in [0, 0.05) is 5.69 Å². The van der Waals surface area contributed by atoms with E-state index in [0.717, 1.165) is 23.2 Å². The molecule has 116 valence electrons. The third kappa shape index (κ3) is 3.76. The fraction of sp³-hybridized carbons (Fsp3) is 0.350. The first-order chi connectivity index (χ1) is 10.5. The van der Waals surface area contributed by atoms with Gasteiger partial charge in [0.05, 0.1) is 5.92 Å². The molecule has 2 aromatic rings. The molecule has 2 heteroatoms. The zero-order valence-electron chi connectivity index (χ0n) is 13.9. The van der Waals surface area contributed by atoms with Gasteiger partial charge in [-0.3, -0.25) is 4.79 Å². The van der Waals surface area contributed by atoms with Crippen LogP contribution in [0.25, 0.3) is 0 Å². The van der Waals surface area contributed by atoms with Crippen molar-refractivity contribution in [1.29, 1.82) is 0 Å². The van der Waals surface area contributed by atoms with Crippen molar-refractivity contribution < 1.29 is 4.79 Å². The number of rotatable bonds is 5. The molecule has 2 rings (SSSR count). The van der Waals surface area contributed by atoms with E-state index in [1.54, 1.807) is 0 Å². The van der Waals surface area contributed by atoms with Crippen molar-refractivity contribution in [2.75, 3.05) is 5.32 Å². The summed E-state index contributed by atoms with van der Waals surface area (Å²) in [6.45, 7) is 8.36. The predicted octanol–water partition coefficient (Wildman–Crippen LogP) is 5.07. The quantitative estimate of drug-likeness (QED) is 0.819. The van der Waals surface area contributed by atoms with Crippen LogP contribution in [-0.2, 0) is 4.79 Å². The van der Waals surface area contributed by atoms with E-state index in [2.05, 4.69) is 32.2 Å². The van der Waals surface area contributed by atoms with Gasteiger partial charge in [-0.15, -0.1) is 0 Å². The van der Waals surface area contributed by atoms with Gasteiger partial charge in [-0.05, 0) is 37.0 Å². The third-order valence-corrected chi connectivity index (χ3v) is 4.29. The normalized spacial score (nSPS) is 13.5. The molecule has 0 heterocycles. The number of amides is 1. The largest absolute Gasteiger partial charge is 0.325 e. The molecule has 0 aliphatic heterocycles. The van der Waals surface area contributed by atoms with Crippen molar-refractivity contribution in [3.63, 3.8) is 0 Å². The molecule has 0 aliphatic carbocycles. The summed E-state index contributed by atoms with van der Waals surface area (Å²) in [5, 5.41) is 3.11. The maximum atomic E-state index is 12.8. The zero-order chi connectivity index (χ0) is 16.1. The molecular formula is C20H25NO. The van der Waals surface area contributed by atoms with Gasteiger partial charge in [0.2, 0.25) is 5.91 Å². The molecule has 0 fully saturated rings. The molecule has 2 aromatic carbocycles. The lowest BCUT2D eigenvalue weighted by atomic mass is 9.85. The number of nitrogens with one attached hydrogen (secondary N) is 1. The topological polar surface area (TPSA) is 29.1 Å². The fourth-order valence-electron chi connectivity index (χ4n) is 2.80. The van der Waals surface area contributed by atoms with Gasteiger partial charge in [0.1, 0.15) is 0 Å². The van der Waals surface area contributed by atoms with Crippen LogP contribution < -0.4 is 5.32 Å².